The van der Waals surface area contributed by atoms with Crippen molar-refractivity contribution in [2.75, 3.05) is 20.1 Å². The molecular formula is C21H20FN3. The van der Waals surface area contributed by atoms with Gasteiger partial charge in [0, 0.05) is 42.7 Å². The predicted molar refractivity (Wildman–Crippen MR) is 96.6 cm³/mol. The molecule has 1 aliphatic carbocycles. The minimum absolute atomic E-state index is 0.208. The topological polar surface area (TPSA) is 31.9 Å². The van der Waals surface area contributed by atoms with E-state index in [0.29, 0.717) is 5.92 Å². The molecule has 0 bridgehead atoms. The van der Waals surface area contributed by atoms with E-state index in [4.69, 9.17) is 0 Å². The van der Waals surface area contributed by atoms with Crippen molar-refractivity contribution in [3.8, 4) is 22.4 Å². The number of fused-ring (bicyclic) bond motifs is 1. The van der Waals surface area contributed by atoms with Crippen LogP contribution in [0.1, 0.15) is 11.6 Å². The van der Waals surface area contributed by atoms with Crippen molar-refractivity contribution in [1.29, 1.82) is 0 Å². The van der Waals surface area contributed by atoms with Gasteiger partial charge in [-0.2, -0.15) is 0 Å². The van der Waals surface area contributed by atoms with E-state index in [1.165, 1.54) is 36.5 Å². The highest BCUT2D eigenvalue weighted by Crippen LogP contribution is 2.58. The zero-order valence-corrected chi connectivity index (χ0v) is 14.1. The van der Waals surface area contributed by atoms with Crippen LogP contribution in [0.15, 0.2) is 54.9 Å². The van der Waals surface area contributed by atoms with Crippen LogP contribution in [0.3, 0.4) is 0 Å². The van der Waals surface area contributed by atoms with E-state index in [2.05, 4.69) is 28.0 Å². The molecule has 0 amide bonds. The molecule has 3 aromatic rings. The molecule has 1 aliphatic heterocycles. The molecule has 3 nitrogen and oxygen atoms in total. The third-order valence-corrected chi connectivity index (χ3v) is 5.70. The normalized spacial score (nSPS) is 25.1. The molecule has 1 N–H and O–H groups in total. The van der Waals surface area contributed by atoms with Gasteiger partial charge in [-0.25, -0.2) is 4.39 Å². The Bertz CT molecular complexity index is 889. The summed E-state index contributed by atoms with van der Waals surface area (Å²) < 4.78 is 13.3. The zero-order valence-electron chi connectivity index (χ0n) is 14.1. The number of pyridine rings is 1. The number of rotatable bonds is 3. The highest BCUT2D eigenvalue weighted by Gasteiger charge is 2.56. The lowest BCUT2D eigenvalue weighted by molar-refractivity contribution is 0.362. The van der Waals surface area contributed by atoms with Gasteiger partial charge in [-0.05, 0) is 72.5 Å². The predicted octanol–water partition coefficient (Wildman–Crippen LogP) is 4.16. The van der Waals surface area contributed by atoms with Gasteiger partial charge in [0.15, 0.2) is 0 Å². The average molecular weight is 333 g/mol. The monoisotopic (exact) mass is 333 g/mol. The molecule has 3 atom stereocenters. The Hall–Kier alpha value is -2.46. The van der Waals surface area contributed by atoms with Crippen molar-refractivity contribution < 1.29 is 4.39 Å². The maximum atomic E-state index is 13.3. The fraction of sp³-hybridized carbons (Fsp3) is 0.286. The summed E-state index contributed by atoms with van der Waals surface area (Å²) in [7, 11) is 2.20. The van der Waals surface area contributed by atoms with E-state index in [-0.39, 0.29) is 5.82 Å². The number of hydrogen-bond acceptors (Lipinski definition) is 2. The number of benzene rings is 1. The van der Waals surface area contributed by atoms with Gasteiger partial charge in [0.1, 0.15) is 5.82 Å². The van der Waals surface area contributed by atoms with Crippen LogP contribution in [0.4, 0.5) is 4.39 Å². The molecule has 0 radical (unpaired) electrons. The van der Waals surface area contributed by atoms with E-state index in [1.807, 2.05) is 36.7 Å². The summed E-state index contributed by atoms with van der Waals surface area (Å²) >= 11 is 0. The number of hydrogen-bond donors (Lipinski definition) is 1. The van der Waals surface area contributed by atoms with Crippen LogP contribution in [-0.2, 0) is 0 Å². The molecule has 2 fully saturated rings. The van der Waals surface area contributed by atoms with Crippen LogP contribution in [0.5, 0.6) is 0 Å². The zero-order chi connectivity index (χ0) is 17.0. The van der Waals surface area contributed by atoms with Crippen molar-refractivity contribution in [1.82, 2.24) is 14.9 Å². The van der Waals surface area contributed by atoms with Gasteiger partial charge in [-0.1, -0.05) is 0 Å². The molecule has 0 spiro atoms. The van der Waals surface area contributed by atoms with Gasteiger partial charge in [-0.15, -0.1) is 0 Å². The molecular weight excluding hydrogens is 313 g/mol. The summed E-state index contributed by atoms with van der Waals surface area (Å²) in [5, 5.41) is 0. The first-order chi connectivity index (χ1) is 12.2. The highest BCUT2D eigenvalue weighted by molar-refractivity contribution is 5.82. The van der Waals surface area contributed by atoms with Crippen molar-refractivity contribution in [3.05, 3.63) is 66.4 Å². The fourth-order valence-corrected chi connectivity index (χ4v) is 4.46. The molecule has 3 heterocycles. The molecule has 25 heavy (non-hydrogen) atoms. The summed E-state index contributed by atoms with van der Waals surface area (Å²) in [6, 6.07) is 13.1. The molecule has 2 aromatic heterocycles. The Labute approximate surface area is 146 Å². The molecule has 1 aromatic carbocycles. The summed E-state index contributed by atoms with van der Waals surface area (Å²) in [4.78, 5) is 10.2. The minimum atomic E-state index is -0.208. The number of nitrogens with zero attached hydrogens (tertiary/aromatic N) is 2. The van der Waals surface area contributed by atoms with Gasteiger partial charge < -0.3 is 9.88 Å². The van der Waals surface area contributed by atoms with Gasteiger partial charge in [-0.3, -0.25) is 4.98 Å². The van der Waals surface area contributed by atoms with E-state index in [0.717, 1.165) is 28.7 Å². The molecule has 1 saturated carbocycles. The van der Waals surface area contributed by atoms with Crippen molar-refractivity contribution >= 4 is 0 Å². The lowest BCUT2D eigenvalue weighted by Crippen LogP contribution is -2.18. The highest BCUT2D eigenvalue weighted by atomic mass is 19.1. The van der Waals surface area contributed by atoms with Crippen LogP contribution >= 0.6 is 0 Å². The second-order valence-electron chi connectivity index (χ2n) is 7.33. The number of nitrogens with one attached hydrogen (secondary N) is 1. The van der Waals surface area contributed by atoms with E-state index in [9.17, 15) is 4.39 Å². The van der Waals surface area contributed by atoms with E-state index >= 15 is 0 Å². The third-order valence-electron chi connectivity index (χ3n) is 5.70. The summed E-state index contributed by atoms with van der Waals surface area (Å²) in [5.74, 6) is 1.97. The standard InChI is InChI=1S/C21H20FN3/c1-25-11-17-18(12-25)20(17)19-10-16(13-6-8-23-9-7-13)21(24-19)14-2-4-15(22)5-3-14/h2-10,17-18,20,24H,11-12H2,1H3/t17-,18+,20?. The van der Waals surface area contributed by atoms with Crippen molar-refractivity contribution in [2.24, 2.45) is 11.8 Å². The summed E-state index contributed by atoms with van der Waals surface area (Å²) in [6.07, 6.45) is 3.63. The van der Waals surface area contributed by atoms with E-state index in [1.54, 1.807) is 0 Å². The number of aromatic amines is 1. The molecule has 5 rings (SSSR count). The first-order valence-electron chi connectivity index (χ1n) is 8.78. The number of halogens is 1. The smallest absolute Gasteiger partial charge is 0.123 e. The van der Waals surface area contributed by atoms with E-state index < -0.39 is 0 Å². The lowest BCUT2D eigenvalue weighted by atomic mass is 10.0. The Balaban J connectivity index is 1.58. The average Bonchev–Trinajstić information content (AvgIpc) is 2.99. The largest absolute Gasteiger partial charge is 0.358 e. The fourth-order valence-electron chi connectivity index (χ4n) is 4.46. The maximum Gasteiger partial charge on any atom is 0.123 e. The summed E-state index contributed by atoms with van der Waals surface area (Å²) in [5.41, 5.74) is 5.71. The third kappa shape index (κ3) is 2.48. The Morgan fingerprint density at radius 3 is 2.36 bits per heavy atom. The summed E-state index contributed by atoms with van der Waals surface area (Å²) in [6.45, 7) is 2.37. The Morgan fingerprint density at radius 2 is 1.68 bits per heavy atom. The second-order valence-corrected chi connectivity index (χ2v) is 7.33. The quantitative estimate of drug-likeness (QED) is 0.780. The molecule has 4 heteroatoms. The first kappa shape index (κ1) is 14.8. The lowest BCUT2D eigenvalue weighted by Gasteiger charge is -2.11. The van der Waals surface area contributed by atoms with Crippen LogP contribution in [-0.4, -0.2) is 35.0 Å². The second kappa shape index (κ2) is 5.53. The molecule has 1 saturated heterocycles. The maximum absolute atomic E-state index is 13.3. The molecule has 126 valence electrons. The van der Waals surface area contributed by atoms with Gasteiger partial charge in [0.05, 0.1) is 5.69 Å². The Morgan fingerprint density at radius 1 is 1.00 bits per heavy atom. The first-order valence-corrected chi connectivity index (χ1v) is 8.78. The molecule has 1 unspecified atom stereocenters. The minimum Gasteiger partial charge on any atom is -0.358 e. The number of H-pyrrole nitrogens is 1. The number of aromatic nitrogens is 2. The van der Waals surface area contributed by atoms with Crippen molar-refractivity contribution in [2.45, 2.75) is 5.92 Å². The van der Waals surface area contributed by atoms with Crippen molar-refractivity contribution in [3.63, 3.8) is 0 Å². The van der Waals surface area contributed by atoms with Crippen LogP contribution in [0.2, 0.25) is 0 Å². The number of piperidine rings is 1. The van der Waals surface area contributed by atoms with Crippen LogP contribution in [0.25, 0.3) is 22.4 Å². The van der Waals surface area contributed by atoms with Gasteiger partial charge in [0.2, 0.25) is 0 Å². The van der Waals surface area contributed by atoms with Crippen LogP contribution < -0.4 is 0 Å². The molecule has 2 aliphatic rings. The number of likely N-dealkylation sites (tertiary alicyclic amines) is 1. The van der Waals surface area contributed by atoms with Crippen LogP contribution in [0, 0.1) is 17.7 Å². The van der Waals surface area contributed by atoms with Gasteiger partial charge >= 0.3 is 0 Å². The van der Waals surface area contributed by atoms with Gasteiger partial charge in [0.25, 0.3) is 0 Å². The SMILES string of the molecule is CN1C[C@@H]2C(c3cc(-c4ccncc4)c(-c4ccc(F)cc4)[nH]3)[C@@H]2C1. The Kier molecular flexibility index (Phi) is 3.28.